The second kappa shape index (κ2) is 3.24. The number of hydrogen-bond donors (Lipinski definition) is 2. The second-order valence-electron chi connectivity index (χ2n) is 2.84. The second-order valence-corrected chi connectivity index (χ2v) is 2.84. The molecule has 4 heteroatoms. The van der Waals surface area contributed by atoms with E-state index in [1.807, 2.05) is 13.1 Å². The van der Waals surface area contributed by atoms with Crippen LogP contribution in [0.15, 0.2) is 4.99 Å². The first-order valence-electron chi connectivity index (χ1n) is 3.72. The van der Waals surface area contributed by atoms with Crippen LogP contribution in [0.4, 0.5) is 0 Å². The van der Waals surface area contributed by atoms with Crippen molar-refractivity contribution in [1.82, 2.24) is 10.6 Å². The molecule has 2 N–H and O–H groups in total. The van der Waals surface area contributed by atoms with Crippen molar-refractivity contribution in [3.8, 4) is 6.19 Å². The Morgan fingerprint density at radius 1 is 1.73 bits per heavy atom. The van der Waals surface area contributed by atoms with Crippen molar-refractivity contribution in [3.63, 3.8) is 0 Å². The van der Waals surface area contributed by atoms with Gasteiger partial charge in [0.15, 0.2) is 6.19 Å². The summed E-state index contributed by atoms with van der Waals surface area (Å²) in [5.74, 6) is 0.596. The number of aliphatic imine (C=N–C) groups is 1. The van der Waals surface area contributed by atoms with E-state index in [9.17, 15) is 0 Å². The average Bonchev–Trinajstić information content (AvgIpc) is 1.85. The zero-order valence-electron chi connectivity index (χ0n) is 6.76. The van der Waals surface area contributed by atoms with Gasteiger partial charge in [-0.2, -0.15) is 5.26 Å². The molecule has 0 bridgehead atoms. The maximum atomic E-state index is 8.31. The summed E-state index contributed by atoms with van der Waals surface area (Å²) in [6.45, 7) is 4.11. The van der Waals surface area contributed by atoms with E-state index in [1.165, 1.54) is 0 Å². The van der Waals surface area contributed by atoms with Crippen molar-refractivity contribution in [2.45, 2.75) is 32.4 Å². The van der Waals surface area contributed by atoms with Crippen LogP contribution >= 0.6 is 0 Å². The van der Waals surface area contributed by atoms with Crippen molar-refractivity contribution < 1.29 is 0 Å². The van der Waals surface area contributed by atoms with Crippen molar-refractivity contribution in [3.05, 3.63) is 0 Å². The van der Waals surface area contributed by atoms with Crippen molar-refractivity contribution in [2.75, 3.05) is 0 Å². The summed E-state index contributed by atoms with van der Waals surface area (Å²) in [6.07, 6.45) is 2.86. The monoisotopic (exact) mass is 152 g/mol. The molecule has 0 saturated carbocycles. The highest BCUT2D eigenvalue weighted by atomic mass is 15.2. The molecule has 1 aliphatic heterocycles. The van der Waals surface area contributed by atoms with E-state index in [4.69, 9.17) is 5.26 Å². The molecule has 1 rings (SSSR count). The van der Waals surface area contributed by atoms with Gasteiger partial charge in [-0.05, 0) is 20.3 Å². The predicted octanol–water partition coefficient (Wildman–Crippen LogP) is 0.183. The molecule has 0 aromatic heterocycles. The van der Waals surface area contributed by atoms with Crippen LogP contribution in [0.1, 0.15) is 20.3 Å². The van der Waals surface area contributed by atoms with Gasteiger partial charge in [0.25, 0.3) is 0 Å². The summed E-state index contributed by atoms with van der Waals surface area (Å²) >= 11 is 0. The normalized spacial score (nSPS) is 29.7. The van der Waals surface area contributed by atoms with Gasteiger partial charge in [-0.3, -0.25) is 5.32 Å². The van der Waals surface area contributed by atoms with E-state index < -0.39 is 0 Å². The number of nitrogens with zero attached hydrogens (tertiary/aromatic N) is 2. The van der Waals surface area contributed by atoms with Crippen LogP contribution in [0.5, 0.6) is 0 Å². The molecule has 2 atom stereocenters. The van der Waals surface area contributed by atoms with Gasteiger partial charge in [0, 0.05) is 6.04 Å². The summed E-state index contributed by atoms with van der Waals surface area (Å²) in [5, 5.41) is 13.9. The molecule has 11 heavy (non-hydrogen) atoms. The highest BCUT2D eigenvalue weighted by molar-refractivity contribution is 5.82. The Kier molecular flexibility index (Phi) is 2.32. The minimum absolute atomic E-state index is 0.307. The van der Waals surface area contributed by atoms with Gasteiger partial charge >= 0.3 is 0 Å². The Morgan fingerprint density at radius 2 is 2.45 bits per heavy atom. The Bertz CT molecular complexity index is 203. The van der Waals surface area contributed by atoms with Crippen LogP contribution in [-0.4, -0.2) is 18.0 Å². The van der Waals surface area contributed by atoms with Crippen molar-refractivity contribution in [2.24, 2.45) is 4.99 Å². The largest absolute Gasteiger partial charge is 0.353 e. The number of nitrogens with one attached hydrogen (secondary N) is 2. The molecular weight excluding hydrogens is 140 g/mol. The van der Waals surface area contributed by atoms with Crippen molar-refractivity contribution >= 4 is 5.96 Å². The fraction of sp³-hybridized carbons (Fsp3) is 0.714. The fourth-order valence-corrected chi connectivity index (χ4v) is 1.24. The van der Waals surface area contributed by atoms with E-state index >= 15 is 0 Å². The lowest BCUT2D eigenvalue weighted by atomic mass is 10.1. The molecule has 0 aliphatic carbocycles. The number of hydrogen-bond acceptors (Lipinski definition) is 4. The highest BCUT2D eigenvalue weighted by Crippen LogP contribution is 2.05. The van der Waals surface area contributed by atoms with E-state index in [2.05, 4.69) is 22.5 Å². The minimum Gasteiger partial charge on any atom is -0.353 e. The lowest BCUT2D eigenvalue weighted by Gasteiger charge is -2.23. The molecule has 0 fully saturated rings. The minimum atomic E-state index is 0.307. The molecule has 0 amide bonds. The first-order valence-corrected chi connectivity index (χ1v) is 3.72. The lowest BCUT2D eigenvalue weighted by molar-refractivity contribution is 0.506. The lowest BCUT2D eigenvalue weighted by Crippen LogP contribution is -2.45. The van der Waals surface area contributed by atoms with E-state index in [0.29, 0.717) is 18.0 Å². The standard InChI is InChI=1S/C7H12N4/c1-5-3-6(2)11-7(10-5)9-4-8/h5-6H,3H2,1-2H3,(H2,9,10,11). The molecule has 0 aromatic carbocycles. The molecule has 2 unspecified atom stereocenters. The molecule has 0 aromatic rings. The Balaban J connectivity index is 2.58. The molecule has 1 aliphatic rings. The van der Waals surface area contributed by atoms with Gasteiger partial charge in [-0.25, -0.2) is 4.99 Å². The molecule has 1 heterocycles. The van der Waals surface area contributed by atoms with Gasteiger partial charge in [0.05, 0.1) is 6.04 Å². The average molecular weight is 152 g/mol. The van der Waals surface area contributed by atoms with E-state index in [1.54, 1.807) is 0 Å². The third kappa shape index (κ3) is 2.11. The van der Waals surface area contributed by atoms with Crippen LogP contribution in [0.3, 0.4) is 0 Å². The quantitative estimate of drug-likeness (QED) is 0.384. The Labute approximate surface area is 66.3 Å². The number of nitriles is 1. The fourth-order valence-electron chi connectivity index (χ4n) is 1.24. The van der Waals surface area contributed by atoms with Gasteiger partial charge in [-0.1, -0.05) is 0 Å². The van der Waals surface area contributed by atoms with Gasteiger partial charge < -0.3 is 5.32 Å². The molecule has 0 spiro atoms. The number of guanidine groups is 1. The van der Waals surface area contributed by atoms with Gasteiger partial charge in [0.1, 0.15) is 0 Å². The Morgan fingerprint density at radius 3 is 3.00 bits per heavy atom. The summed E-state index contributed by atoms with van der Waals surface area (Å²) in [4.78, 5) is 4.19. The summed E-state index contributed by atoms with van der Waals surface area (Å²) in [7, 11) is 0. The van der Waals surface area contributed by atoms with Gasteiger partial charge in [-0.15, -0.1) is 0 Å². The summed E-state index contributed by atoms with van der Waals surface area (Å²) in [6, 6.07) is 0.709. The first-order chi connectivity index (χ1) is 5.22. The van der Waals surface area contributed by atoms with Crippen LogP contribution in [0, 0.1) is 11.5 Å². The van der Waals surface area contributed by atoms with Crippen LogP contribution in [-0.2, 0) is 0 Å². The predicted molar refractivity (Wildman–Crippen MR) is 42.9 cm³/mol. The summed E-state index contributed by atoms with van der Waals surface area (Å²) < 4.78 is 0. The van der Waals surface area contributed by atoms with Gasteiger partial charge in [0.2, 0.25) is 5.96 Å². The number of rotatable bonds is 0. The first kappa shape index (κ1) is 7.86. The highest BCUT2D eigenvalue weighted by Gasteiger charge is 2.15. The smallest absolute Gasteiger partial charge is 0.205 e. The maximum Gasteiger partial charge on any atom is 0.205 e. The zero-order chi connectivity index (χ0) is 8.27. The van der Waals surface area contributed by atoms with E-state index in [-0.39, 0.29) is 0 Å². The molecular formula is C7H12N4. The van der Waals surface area contributed by atoms with Crippen LogP contribution in [0.25, 0.3) is 0 Å². The summed E-state index contributed by atoms with van der Waals surface area (Å²) in [5.41, 5.74) is 0. The third-order valence-electron chi connectivity index (χ3n) is 1.60. The van der Waals surface area contributed by atoms with Crippen molar-refractivity contribution in [1.29, 1.82) is 5.26 Å². The topological polar surface area (TPSA) is 60.2 Å². The van der Waals surface area contributed by atoms with Crippen LogP contribution < -0.4 is 10.6 Å². The van der Waals surface area contributed by atoms with Crippen LogP contribution in [0.2, 0.25) is 0 Å². The van der Waals surface area contributed by atoms with E-state index in [0.717, 1.165) is 6.42 Å². The maximum absolute atomic E-state index is 8.31. The SMILES string of the molecule is CC1CC(C)NC(NC#N)=N1. The molecule has 0 saturated heterocycles. The molecule has 60 valence electrons. The molecule has 4 nitrogen and oxygen atoms in total. The molecule has 0 radical (unpaired) electrons. The Hall–Kier alpha value is -1.24. The zero-order valence-corrected chi connectivity index (χ0v) is 6.76. The third-order valence-corrected chi connectivity index (χ3v) is 1.60.